The summed E-state index contributed by atoms with van der Waals surface area (Å²) in [4.78, 5) is 8.34. The molecule has 1 aromatic heterocycles. The van der Waals surface area contributed by atoms with Crippen molar-refractivity contribution in [1.82, 2.24) is 4.98 Å². The van der Waals surface area contributed by atoms with Crippen molar-refractivity contribution in [3.05, 3.63) is 53.3 Å². The van der Waals surface area contributed by atoms with E-state index in [1.165, 1.54) is 6.07 Å². The van der Waals surface area contributed by atoms with Crippen LogP contribution in [0.25, 0.3) is 0 Å². The molecular weight excluding hydrogens is 351 g/mol. The number of aryl methyl sites for hydroxylation is 2. The number of benzene rings is 1. The van der Waals surface area contributed by atoms with E-state index in [0.29, 0.717) is 17.1 Å². The number of nitrogens with one attached hydrogen (secondary N) is 1. The van der Waals surface area contributed by atoms with Gasteiger partial charge in [0, 0.05) is 35.6 Å². The first kappa shape index (κ1) is 19.1. The molecule has 0 aliphatic heterocycles. The SMILES string of the molecule is CN=C(Nc1cc(S(=O)CC(F)(F)F)c(C)cc1C)c1cccnc1. The fourth-order valence-electron chi connectivity index (χ4n) is 2.33. The zero-order valence-corrected chi connectivity index (χ0v) is 14.8. The Bertz CT molecular complexity index is 805. The maximum Gasteiger partial charge on any atom is 0.400 e. The van der Waals surface area contributed by atoms with Gasteiger partial charge in [0.15, 0.2) is 0 Å². The normalized spacial score (nSPS) is 13.6. The molecule has 8 heteroatoms. The number of nitrogens with zero attached hydrogens (tertiary/aromatic N) is 2. The second-order valence-electron chi connectivity index (χ2n) is 5.48. The summed E-state index contributed by atoms with van der Waals surface area (Å²) in [5, 5.41) is 3.09. The average molecular weight is 369 g/mol. The zero-order chi connectivity index (χ0) is 18.6. The predicted molar refractivity (Wildman–Crippen MR) is 93.6 cm³/mol. The molecule has 2 rings (SSSR count). The minimum absolute atomic E-state index is 0.159. The molecule has 0 aliphatic carbocycles. The minimum atomic E-state index is -4.48. The lowest BCUT2D eigenvalue weighted by Crippen LogP contribution is -2.20. The quantitative estimate of drug-likeness (QED) is 0.658. The van der Waals surface area contributed by atoms with E-state index in [1.807, 2.05) is 13.0 Å². The molecule has 2 aromatic rings. The van der Waals surface area contributed by atoms with Crippen molar-refractivity contribution in [2.24, 2.45) is 4.99 Å². The summed E-state index contributed by atoms with van der Waals surface area (Å²) >= 11 is 0. The summed E-state index contributed by atoms with van der Waals surface area (Å²) in [6.45, 7) is 3.47. The van der Waals surface area contributed by atoms with E-state index in [9.17, 15) is 17.4 Å². The Hall–Kier alpha value is -2.22. The number of aromatic nitrogens is 1. The number of rotatable bonds is 4. The van der Waals surface area contributed by atoms with Gasteiger partial charge in [0.25, 0.3) is 0 Å². The van der Waals surface area contributed by atoms with E-state index in [0.717, 1.165) is 11.1 Å². The van der Waals surface area contributed by atoms with E-state index in [1.54, 1.807) is 38.5 Å². The first-order valence-corrected chi connectivity index (χ1v) is 8.73. The predicted octanol–water partition coefficient (Wildman–Crippen LogP) is 3.86. The van der Waals surface area contributed by atoms with Gasteiger partial charge in [-0.25, -0.2) is 0 Å². The highest BCUT2D eigenvalue weighted by Gasteiger charge is 2.31. The van der Waals surface area contributed by atoms with Crippen LogP contribution in [0.2, 0.25) is 0 Å². The van der Waals surface area contributed by atoms with Crippen LogP contribution < -0.4 is 5.32 Å². The van der Waals surface area contributed by atoms with E-state index >= 15 is 0 Å². The molecular formula is C17H18F3N3OS. The number of halogens is 3. The van der Waals surface area contributed by atoms with Gasteiger partial charge in [-0.3, -0.25) is 14.2 Å². The lowest BCUT2D eigenvalue weighted by atomic mass is 10.1. The minimum Gasteiger partial charge on any atom is -0.340 e. The lowest BCUT2D eigenvalue weighted by Gasteiger charge is -2.16. The fraction of sp³-hybridized carbons (Fsp3) is 0.294. The molecule has 134 valence electrons. The summed E-state index contributed by atoms with van der Waals surface area (Å²) in [6, 6.07) is 6.78. The van der Waals surface area contributed by atoms with E-state index in [2.05, 4.69) is 15.3 Å². The Kier molecular flexibility index (Phi) is 5.94. The van der Waals surface area contributed by atoms with Crippen molar-refractivity contribution in [3.63, 3.8) is 0 Å². The molecule has 0 spiro atoms. The Morgan fingerprint density at radius 2 is 2.00 bits per heavy atom. The summed E-state index contributed by atoms with van der Waals surface area (Å²) in [6.07, 6.45) is -1.23. The van der Waals surface area contributed by atoms with Crippen molar-refractivity contribution in [2.75, 3.05) is 18.1 Å². The van der Waals surface area contributed by atoms with Crippen LogP contribution in [-0.2, 0) is 10.8 Å². The van der Waals surface area contributed by atoms with Gasteiger partial charge >= 0.3 is 6.18 Å². The number of hydrogen-bond acceptors (Lipinski definition) is 3. The number of alkyl halides is 3. The molecule has 1 N–H and O–H groups in total. The third-order valence-corrected chi connectivity index (χ3v) is 4.99. The van der Waals surface area contributed by atoms with Gasteiger partial charge in [-0.05, 0) is 43.2 Å². The molecule has 0 aliphatic rings. The molecule has 0 bridgehead atoms. The highest BCUT2D eigenvalue weighted by Crippen LogP contribution is 2.27. The Balaban J connectivity index is 2.35. The molecule has 0 fully saturated rings. The van der Waals surface area contributed by atoms with Crippen LogP contribution >= 0.6 is 0 Å². The molecule has 1 aromatic carbocycles. The van der Waals surface area contributed by atoms with Gasteiger partial charge in [0.2, 0.25) is 0 Å². The molecule has 0 saturated heterocycles. The van der Waals surface area contributed by atoms with Gasteiger partial charge in [0.1, 0.15) is 11.6 Å². The molecule has 0 radical (unpaired) electrons. The monoisotopic (exact) mass is 369 g/mol. The molecule has 1 unspecified atom stereocenters. The van der Waals surface area contributed by atoms with Crippen LogP contribution in [0.5, 0.6) is 0 Å². The molecule has 0 saturated carbocycles. The second kappa shape index (κ2) is 7.77. The van der Waals surface area contributed by atoms with Crippen molar-refractivity contribution in [2.45, 2.75) is 24.9 Å². The third kappa shape index (κ3) is 5.12. The van der Waals surface area contributed by atoms with E-state index in [4.69, 9.17) is 0 Å². The number of anilines is 1. The van der Waals surface area contributed by atoms with Crippen LogP contribution in [-0.4, -0.2) is 34.0 Å². The summed E-state index contributed by atoms with van der Waals surface area (Å²) in [5.74, 6) is -0.846. The maximum absolute atomic E-state index is 12.6. The number of pyridine rings is 1. The first-order valence-electron chi connectivity index (χ1n) is 7.42. The van der Waals surface area contributed by atoms with Gasteiger partial charge < -0.3 is 5.32 Å². The summed E-state index contributed by atoms with van der Waals surface area (Å²) in [7, 11) is -0.563. The standard InChI is InChI=1S/C17H18F3N3OS/c1-11-7-12(2)15(25(24)10-17(18,19)20)8-14(11)23-16(21-3)13-5-4-6-22-9-13/h4-9H,10H2,1-3H3,(H,21,23). The van der Waals surface area contributed by atoms with Crippen LogP contribution in [0.4, 0.5) is 18.9 Å². The number of hydrogen-bond donors (Lipinski definition) is 1. The fourth-order valence-corrected chi connectivity index (χ4v) is 3.45. The largest absolute Gasteiger partial charge is 0.400 e. The summed E-state index contributed by atoms with van der Waals surface area (Å²) < 4.78 is 49.8. The van der Waals surface area contributed by atoms with Crippen molar-refractivity contribution in [3.8, 4) is 0 Å². The number of amidine groups is 1. The first-order chi connectivity index (χ1) is 11.7. The molecule has 4 nitrogen and oxygen atoms in total. The smallest absolute Gasteiger partial charge is 0.340 e. The van der Waals surface area contributed by atoms with Crippen LogP contribution in [0, 0.1) is 13.8 Å². The maximum atomic E-state index is 12.6. The molecule has 1 heterocycles. The Morgan fingerprint density at radius 3 is 2.56 bits per heavy atom. The molecule has 1 atom stereocenters. The topological polar surface area (TPSA) is 54.4 Å². The van der Waals surface area contributed by atoms with Crippen molar-refractivity contribution < 1.29 is 17.4 Å². The van der Waals surface area contributed by atoms with Crippen LogP contribution in [0.15, 0.2) is 46.5 Å². The molecule has 25 heavy (non-hydrogen) atoms. The van der Waals surface area contributed by atoms with Gasteiger partial charge in [-0.2, -0.15) is 13.2 Å². The average Bonchev–Trinajstić information content (AvgIpc) is 2.53. The lowest BCUT2D eigenvalue weighted by molar-refractivity contribution is -0.105. The summed E-state index contributed by atoms with van der Waals surface area (Å²) in [5.41, 5.74) is 2.67. The zero-order valence-electron chi connectivity index (χ0n) is 14.0. The highest BCUT2D eigenvalue weighted by atomic mass is 32.2. The molecule has 0 amide bonds. The number of aliphatic imine (C=N–C) groups is 1. The Morgan fingerprint density at radius 1 is 1.28 bits per heavy atom. The van der Waals surface area contributed by atoms with Gasteiger partial charge in [0.05, 0.1) is 10.8 Å². The Labute approximate surface area is 146 Å². The van der Waals surface area contributed by atoms with Crippen molar-refractivity contribution >= 4 is 22.3 Å². The van der Waals surface area contributed by atoms with Gasteiger partial charge in [-0.1, -0.05) is 6.07 Å². The van der Waals surface area contributed by atoms with Crippen LogP contribution in [0.3, 0.4) is 0 Å². The highest BCUT2D eigenvalue weighted by molar-refractivity contribution is 7.85. The second-order valence-corrected chi connectivity index (χ2v) is 6.90. The van der Waals surface area contributed by atoms with Crippen LogP contribution in [0.1, 0.15) is 16.7 Å². The van der Waals surface area contributed by atoms with E-state index < -0.39 is 22.7 Å². The van der Waals surface area contributed by atoms with Crippen molar-refractivity contribution in [1.29, 1.82) is 0 Å². The van der Waals surface area contributed by atoms with E-state index in [-0.39, 0.29) is 4.90 Å². The van der Waals surface area contributed by atoms with Gasteiger partial charge in [-0.15, -0.1) is 0 Å². The third-order valence-electron chi connectivity index (χ3n) is 3.47.